The van der Waals surface area contributed by atoms with Crippen molar-refractivity contribution in [2.45, 2.75) is 99.9 Å². The largest absolute Gasteiger partial charge is 0.491 e. The van der Waals surface area contributed by atoms with Crippen molar-refractivity contribution in [2.24, 2.45) is 10.8 Å². The Morgan fingerprint density at radius 3 is 1.72 bits per heavy atom. The molecule has 0 saturated heterocycles. The normalized spacial score (nSPS) is 17.3. The number of benzene rings is 2. The molecule has 0 atom stereocenters. The monoisotopic (exact) mass is 1130 g/mol. The van der Waals surface area contributed by atoms with Crippen LogP contribution in [0.4, 0.5) is 31.8 Å². The Bertz CT molecular complexity index is 3420. The summed E-state index contributed by atoms with van der Waals surface area (Å²) in [5.41, 5.74) is 11.8. The molecule has 2 aliphatic carbocycles. The maximum Gasteiger partial charge on any atom is 0.491 e. The molecule has 5 aliphatic heterocycles. The number of anilines is 4. The van der Waals surface area contributed by atoms with E-state index in [0.717, 1.165) is 35.7 Å². The molecule has 0 saturated carbocycles. The van der Waals surface area contributed by atoms with Gasteiger partial charge in [0.15, 0.2) is 0 Å². The number of nitrogens with one attached hydrogen (secondary N) is 2. The first-order chi connectivity index (χ1) is 36.5. The fourth-order valence-corrected chi connectivity index (χ4v) is 12.0. The van der Waals surface area contributed by atoms with Crippen LogP contribution in [0.2, 0.25) is 0 Å². The summed E-state index contributed by atoms with van der Waals surface area (Å²) in [7, 11) is -5.20. The number of aliphatic hydroxyl groups excluding tert-OH is 1. The van der Waals surface area contributed by atoms with Crippen molar-refractivity contribution in [3.8, 4) is 11.1 Å². The summed E-state index contributed by atoms with van der Waals surface area (Å²) in [6, 6.07) is 12.8. The van der Waals surface area contributed by atoms with Crippen molar-refractivity contribution >= 4 is 89.2 Å². The highest BCUT2D eigenvalue weighted by molar-refractivity contribution is 9.10. The molecule has 4 aromatic heterocycles. The molecule has 4 amide bonds. The summed E-state index contributed by atoms with van der Waals surface area (Å²) in [6.45, 7) is 11.0. The summed E-state index contributed by atoms with van der Waals surface area (Å²) < 4.78 is 39.4. The number of carbonyl (C=O) groups excluding carboxylic acids is 4. The van der Waals surface area contributed by atoms with Crippen LogP contribution in [0, 0.1) is 22.5 Å². The molecule has 8 N–H and O–H groups in total. The van der Waals surface area contributed by atoms with Gasteiger partial charge in [-0.3, -0.25) is 19.2 Å². The molecule has 0 radical (unpaired) electrons. The molecule has 13 rings (SSSR count). The van der Waals surface area contributed by atoms with Gasteiger partial charge < -0.3 is 64.4 Å². The number of aromatic nitrogens is 4. The molecule has 7 aliphatic rings. The van der Waals surface area contributed by atoms with Crippen LogP contribution in [0.5, 0.6) is 0 Å². The van der Waals surface area contributed by atoms with Crippen LogP contribution < -0.4 is 25.9 Å². The van der Waals surface area contributed by atoms with E-state index in [1.54, 1.807) is 28.3 Å². The number of hydrogen-bond donors (Lipinski definition) is 8. The zero-order valence-electron chi connectivity index (χ0n) is 42.5. The van der Waals surface area contributed by atoms with Gasteiger partial charge in [-0.1, -0.05) is 51.1 Å². The van der Waals surface area contributed by atoms with E-state index in [2.05, 4.69) is 73.4 Å². The fourth-order valence-electron chi connectivity index (χ4n) is 11.5. The van der Waals surface area contributed by atoms with E-state index in [-0.39, 0.29) is 61.5 Å². The van der Waals surface area contributed by atoms with Gasteiger partial charge >= 0.3 is 21.1 Å². The number of fused-ring (bicyclic) bond motifs is 9. The van der Waals surface area contributed by atoms with Crippen molar-refractivity contribution in [3.05, 3.63) is 133 Å². The number of pyridine rings is 2. The molecule has 406 valence electrons. The second-order valence-corrected chi connectivity index (χ2v) is 22.5. The van der Waals surface area contributed by atoms with Gasteiger partial charge in [0.2, 0.25) is 11.8 Å². The number of rotatable bonds is 5. The lowest BCUT2D eigenvalue weighted by molar-refractivity contribution is -0.115. The molecule has 0 bridgehead atoms. The van der Waals surface area contributed by atoms with Crippen molar-refractivity contribution < 1.29 is 62.8 Å². The minimum atomic E-state index is -2.04. The van der Waals surface area contributed by atoms with E-state index >= 15 is 0 Å². The SMILES string of the molecule is C.CC1(C)Cc2cc3n(c2C1)CCN(c1cc(F)cc(-c2ccnc4c2CC(=O)N4)c1CO)C3=O.CC1(C)Cc2cc3n(c2C1)CCN(c1cc(F)cc2c1COB2O)C3=O.O=C1Cc2c(Br)ccnc2N1.OB(O)B(O)O. The Morgan fingerprint density at radius 2 is 1.18 bits per heavy atom. The van der Waals surface area contributed by atoms with Gasteiger partial charge in [0.25, 0.3) is 11.8 Å². The van der Waals surface area contributed by atoms with Crippen molar-refractivity contribution in [2.75, 3.05) is 33.5 Å². The predicted octanol–water partition coefficient (Wildman–Crippen LogP) is 4.08. The highest BCUT2D eigenvalue weighted by Gasteiger charge is 2.41. The van der Waals surface area contributed by atoms with Gasteiger partial charge in [0.05, 0.1) is 37.4 Å². The first-order valence-corrected chi connectivity index (χ1v) is 25.9. The fraction of sp³-hybridized carbons (Fsp3) is 0.358. The van der Waals surface area contributed by atoms with Gasteiger partial charge in [-0.05, 0) is 118 Å². The van der Waals surface area contributed by atoms with E-state index < -0.39 is 32.8 Å². The van der Waals surface area contributed by atoms with Crippen LogP contribution in [-0.2, 0) is 79.1 Å². The van der Waals surface area contributed by atoms with E-state index in [4.69, 9.17) is 24.8 Å². The van der Waals surface area contributed by atoms with Gasteiger partial charge in [-0.25, -0.2) is 18.7 Å². The van der Waals surface area contributed by atoms with Crippen LogP contribution in [0.15, 0.2) is 65.4 Å². The zero-order chi connectivity index (χ0) is 55.0. The smallest absolute Gasteiger partial charge is 0.429 e. The quantitative estimate of drug-likeness (QED) is 0.113. The molecular weight excluding hydrogens is 1070 g/mol. The van der Waals surface area contributed by atoms with E-state index in [1.807, 2.05) is 18.2 Å². The Hall–Kier alpha value is -6.57. The van der Waals surface area contributed by atoms with Crippen LogP contribution in [-0.4, -0.2) is 107 Å². The number of nitrogens with zero attached hydrogens (tertiary/aromatic N) is 6. The molecule has 2 aromatic carbocycles. The topological polar surface area (TPSA) is 265 Å². The molecule has 0 fully saturated rings. The second kappa shape index (κ2) is 21.6. The molecule has 9 heterocycles. The lowest BCUT2D eigenvalue weighted by Gasteiger charge is -2.32. The minimum absolute atomic E-state index is 0. The third-order valence-corrected chi connectivity index (χ3v) is 15.6. The van der Waals surface area contributed by atoms with Crippen LogP contribution >= 0.6 is 15.9 Å². The molecular formula is C53H58B3BrF2N8O11. The summed E-state index contributed by atoms with van der Waals surface area (Å²) >= 11 is 3.34. The maximum absolute atomic E-state index is 14.9. The highest BCUT2D eigenvalue weighted by Crippen LogP contribution is 2.43. The summed E-state index contributed by atoms with van der Waals surface area (Å²) in [5.74, 6) is -0.325. The van der Waals surface area contributed by atoms with Gasteiger partial charge in [0.1, 0.15) is 34.7 Å². The van der Waals surface area contributed by atoms with Crippen LogP contribution in [0.3, 0.4) is 0 Å². The van der Waals surface area contributed by atoms with Crippen molar-refractivity contribution in [1.82, 2.24) is 19.1 Å². The molecule has 25 heteroatoms. The molecule has 0 spiro atoms. The minimum Gasteiger partial charge on any atom is -0.429 e. The van der Waals surface area contributed by atoms with Gasteiger partial charge in [-0.2, -0.15) is 0 Å². The highest BCUT2D eigenvalue weighted by atomic mass is 79.9. The van der Waals surface area contributed by atoms with Crippen LogP contribution in [0.25, 0.3) is 11.1 Å². The van der Waals surface area contributed by atoms with Crippen molar-refractivity contribution in [1.29, 1.82) is 0 Å². The number of aliphatic hydroxyl groups is 1. The number of hydrogen-bond acceptors (Lipinski definition) is 13. The van der Waals surface area contributed by atoms with E-state index in [0.29, 0.717) is 100 Å². The number of amides is 4. The lowest BCUT2D eigenvalue weighted by atomic mass is 9.50. The summed E-state index contributed by atoms with van der Waals surface area (Å²) in [4.78, 5) is 61.0. The first kappa shape index (κ1) is 56.2. The molecule has 78 heavy (non-hydrogen) atoms. The standard InChI is InChI=1S/C26H25FN4O3.C19H20BFN2O3.C7H5BrN2O.CH4.B2H4O4/c1-26(2)11-14-7-21-25(34)31(6-5-30(21)22(14)12-26)20-9-15(27)8-17(19(20)13-32)16-3-4-28-24-18(16)10-23(33)29-24;1-19(2)8-11-5-16-18(24)23(4-3-22(16)17(11)9-19)15-7-12(21)6-14-13(15)10-26-20(14)25;8-5-1-2-9-7-4(5)3-6(11)10-7;;3-1(4)2(5)6/h3-4,7-9,32H,5-6,10-13H2,1-2H3,(H,28,29,33);5-7,25H,3-4,8-10H2,1-2H3;1-2H,3H2,(H,9,10,11);1H4;3-6H. The summed E-state index contributed by atoms with van der Waals surface area (Å²) in [5, 5.41) is 56.3. The Morgan fingerprint density at radius 1 is 0.679 bits per heavy atom. The molecule has 0 unspecified atom stereocenters. The first-order valence-electron chi connectivity index (χ1n) is 25.1. The van der Waals surface area contributed by atoms with Crippen molar-refractivity contribution in [3.63, 3.8) is 0 Å². The third-order valence-electron chi connectivity index (χ3n) is 14.9. The third kappa shape index (κ3) is 10.7. The van der Waals surface area contributed by atoms with Gasteiger partial charge in [0, 0.05) is 71.1 Å². The Kier molecular flexibility index (Phi) is 15.5. The summed E-state index contributed by atoms with van der Waals surface area (Å²) in [6.07, 6.45) is 7.60. The molecule has 6 aromatic rings. The average molecular weight is 1130 g/mol. The average Bonchev–Trinajstić information content (AvgIpc) is 4.37. The molecule has 19 nitrogen and oxygen atoms in total. The maximum atomic E-state index is 14.9. The second-order valence-electron chi connectivity index (χ2n) is 21.6. The number of halogens is 3. The Balaban J connectivity index is 0.000000147. The number of carbonyl (C=O) groups is 4. The van der Waals surface area contributed by atoms with Gasteiger partial charge in [-0.15, -0.1) is 0 Å². The Labute approximate surface area is 457 Å². The zero-order valence-corrected chi connectivity index (χ0v) is 44.1. The van der Waals surface area contributed by atoms with E-state index in [9.17, 15) is 38.1 Å². The van der Waals surface area contributed by atoms with Crippen LogP contribution in [0.1, 0.15) is 101 Å². The predicted molar refractivity (Wildman–Crippen MR) is 293 cm³/mol. The van der Waals surface area contributed by atoms with E-state index in [1.165, 1.54) is 46.8 Å². The lowest BCUT2D eigenvalue weighted by Crippen LogP contribution is -2.42.